The molecule has 0 bridgehead atoms. The van der Waals surface area contributed by atoms with E-state index < -0.39 is 0 Å². The van der Waals surface area contributed by atoms with Crippen LogP contribution in [0.3, 0.4) is 0 Å². The number of hydrogen-bond acceptors (Lipinski definition) is 6. The molecule has 21 heavy (non-hydrogen) atoms. The number of rotatable bonds is 5. The van der Waals surface area contributed by atoms with Crippen LogP contribution in [-0.2, 0) is 6.54 Å². The van der Waals surface area contributed by atoms with Crippen molar-refractivity contribution in [3.05, 3.63) is 30.1 Å². The van der Waals surface area contributed by atoms with Gasteiger partial charge in [-0.15, -0.1) is 0 Å². The SMILES string of the molecule is CC(C)c1cc(C(=O)N[C@H](C)Cn2cncn2)nc(N)n1. The van der Waals surface area contributed by atoms with Crippen LogP contribution >= 0.6 is 0 Å². The van der Waals surface area contributed by atoms with Crippen molar-refractivity contribution in [3.63, 3.8) is 0 Å². The van der Waals surface area contributed by atoms with Crippen LogP contribution in [0.1, 0.15) is 42.9 Å². The minimum Gasteiger partial charge on any atom is -0.368 e. The van der Waals surface area contributed by atoms with Crippen molar-refractivity contribution in [3.8, 4) is 0 Å². The number of aromatic nitrogens is 5. The van der Waals surface area contributed by atoms with E-state index in [1.54, 1.807) is 17.1 Å². The third-order valence-corrected chi connectivity index (χ3v) is 2.89. The molecule has 112 valence electrons. The van der Waals surface area contributed by atoms with Crippen LogP contribution in [0.4, 0.5) is 5.95 Å². The zero-order valence-electron chi connectivity index (χ0n) is 12.3. The fraction of sp³-hybridized carbons (Fsp3) is 0.462. The number of anilines is 1. The highest BCUT2D eigenvalue weighted by Gasteiger charge is 2.15. The average Bonchev–Trinajstić information content (AvgIpc) is 2.90. The summed E-state index contributed by atoms with van der Waals surface area (Å²) < 4.78 is 1.65. The topological polar surface area (TPSA) is 112 Å². The average molecular weight is 289 g/mol. The maximum Gasteiger partial charge on any atom is 0.270 e. The molecule has 1 amide bonds. The normalized spacial score (nSPS) is 12.4. The van der Waals surface area contributed by atoms with Gasteiger partial charge in [0, 0.05) is 11.7 Å². The lowest BCUT2D eigenvalue weighted by Crippen LogP contribution is -2.36. The number of nitrogens with one attached hydrogen (secondary N) is 1. The number of amides is 1. The fourth-order valence-corrected chi connectivity index (χ4v) is 1.85. The molecule has 0 spiro atoms. The largest absolute Gasteiger partial charge is 0.368 e. The summed E-state index contributed by atoms with van der Waals surface area (Å²) in [5.41, 5.74) is 6.67. The second kappa shape index (κ2) is 6.29. The predicted octanol–water partition coefficient (Wildman–Crippen LogP) is 0.592. The molecule has 0 aliphatic rings. The van der Waals surface area contributed by atoms with Crippen molar-refractivity contribution in [1.29, 1.82) is 0 Å². The van der Waals surface area contributed by atoms with E-state index in [0.717, 1.165) is 5.69 Å². The Kier molecular flexibility index (Phi) is 4.46. The Balaban J connectivity index is 2.06. The van der Waals surface area contributed by atoms with E-state index in [1.165, 1.54) is 6.33 Å². The van der Waals surface area contributed by atoms with Gasteiger partial charge in [-0.1, -0.05) is 13.8 Å². The lowest BCUT2D eigenvalue weighted by atomic mass is 10.1. The van der Waals surface area contributed by atoms with E-state index in [1.807, 2.05) is 20.8 Å². The molecule has 0 saturated heterocycles. The van der Waals surface area contributed by atoms with E-state index >= 15 is 0 Å². The van der Waals surface area contributed by atoms with E-state index in [4.69, 9.17) is 5.73 Å². The van der Waals surface area contributed by atoms with Gasteiger partial charge in [0.15, 0.2) is 0 Å². The Morgan fingerprint density at radius 3 is 2.76 bits per heavy atom. The van der Waals surface area contributed by atoms with Crippen LogP contribution in [0.25, 0.3) is 0 Å². The van der Waals surface area contributed by atoms with Crippen LogP contribution in [0.2, 0.25) is 0 Å². The molecule has 0 unspecified atom stereocenters. The first-order valence-electron chi connectivity index (χ1n) is 6.73. The zero-order valence-corrected chi connectivity index (χ0v) is 12.3. The van der Waals surface area contributed by atoms with Crippen molar-refractivity contribution in [2.24, 2.45) is 0 Å². The highest BCUT2D eigenvalue weighted by molar-refractivity contribution is 5.92. The second-order valence-corrected chi connectivity index (χ2v) is 5.18. The Morgan fingerprint density at radius 1 is 1.38 bits per heavy atom. The molecule has 0 aliphatic heterocycles. The van der Waals surface area contributed by atoms with E-state index in [0.29, 0.717) is 6.54 Å². The van der Waals surface area contributed by atoms with Gasteiger partial charge in [0.1, 0.15) is 18.3 Å². The maximum atomic E-state index is 12.2. The molecule has 0 saturated carbocycles. The minimum atomic E-state index is -0.279. The lowest BCUT2D eigenvalue weighted by Gasteiger charge is -2.14. The molecule has 0 aliphatic carbocycles. The Labute approximate surface area is 122 Å². The van der Waals surface area contributed by atoms with Crippen LogP contribution < -0.4 is 11.1 Å². The molecule has 1 atom stereocenters. The molecular formula is C13H19N7O. The van der Waals surface area contributed by atoms with Gasteiger partial charge in [-0.25, -0.2) is 15.0 Å². The van der Waals surface area contributed by atoms with Crippen molar-refractivity contribution in [2.75, 3.05) is 5.73 Å². The summed E-state index contributed by atoms with van der Waals surface area (Å²) in [6.07, 6.45) is 3.05. The van der Waals surface area contributed by atoms with Crippen molar-refractivity contribution in [1.82, 2.24) is 30.0 Å². The number of nitrogens with two attached hydrogens (primary N) is 1. The van der Waals surface area contributed by atoms with Crippen molar-refractivity contribution >= 4 is 11.9 Å². The molecule has 8 heteroatoms. The van der Waals surface area contributed by atoms with Crippen LogP contribution in [0.15, 0.2) is 18.7 Å². The molecule has 0 fully saturated rings. The third kappa shape index (κ3) is 3.98. The molecule has 2 aromatic heterocycles. The minimum absolute atomic E-state index is 0.107. The smallest absolute Gasteiger partial charge is 0.270 e. The lowest BCUT2D eigenvalue weighted by molar-refractivity contribution is 0.0930. The van der Waals surface area contributed by atoms with Gasteiger partial charge in [-0.05, 0) is 18.9 Å². The standard InChI is InChI=1S/C13H19N7O/c1-8(2)10-4-11(19-13(14)18-10)12(21)17-9(3)5-20-7-15-6-16-20/h4,6-9H,5H2,1-3H3,(H,17,21)(H2,14,18,19)/t9-/m1/s1. The Bertz CT molecular complexity index is 609. The second-order valence-electron chi connectivity index (χ2n) is 5.18. The number of carbonyl (C=O) groups is 1. The molecule has 3 N–H and O–H groups in total. The number of nitrogens with zero attached hydrogens (tertiary/aromatic N) is 5. The molecule has 0 aromatic carbocycles. The first kappa shape index (κ1) is 14.9. The van der Waals surface area contributed by atoms with E-state index in [-0.39, 0.29) is 29.5 Å². The highest BCUT2D eigenvalue weighted by Crippen LogP contribution is 2.13. The van der Waals surface area contributed by atoms with Gasteiger partial charge in [0.05, 0.1) is 6.54 Å². The van der Waals surface area contributed by atoms with Gasteiger partial charge in [-0.2, -0.15) is 5.10 Å². The predicted molar refractivity (Wildman–Crippen MR) is 77.5 cm³/mol. The number of nitrogen functional groups attached to an aromatic ring is 1. The molecule has 8 nitrogen and oxygen atoms in total. The summed E-state index contributed by atoms with van der Waals surface area (Å²) in [7, 11) is 0. The summed E-state index contributed by atoms with van der Waals surface area (Å²) >= 11 is 0. The first-order chi connectivity index (χ1) is 9.95. The van der Waals surface area contributed by atoms with Gasteiger partial charge >= 0.3 is 0 Å². The van der Waals surface area contributed by atoms with E-state index in [9.17, 15) is 4.79 Å². The van der Waals surface area contributed by atoms with E-state index in [2.05, 4.69) is 25.4 Å². The third-order valence-electron chi connectivity index (χ3n) is 2.89. The summed E-state index contributed by atoms with van der Waals surface area (Å²) in [5, 5.41) is 6.85. The summed E-state index contributed by atoms with van der Waals surface area (Å²) in [6, 6.07) is 1.55. The summed E-state index contributed by atoms with van der Waals surface area (Å²) in [4.78, 5) is 24.2. The van der Waals surface area contributed by atoms with Gasteiger partial charge in [-0.3, -0.25) is 9.48 Å². The van der Waals surface area contributed by atoms with Gasteiger partial charge < -0.3 is 11.1 Å². The van der Waals surface area contributed by atoms with Gasteiger partial charge in [0.25, 0.3) is 5.91 Å². The quantitative estimate of drug-likeness (QED) is 0.833. The molecule has 2 rings (SSSR count). The monoisotopic (exact) mass is 289 g/mol. The van der Waals surface area contributed by atoms with Crippen molar-refractivity contribution < 1.29 is 4.79 Å². The highest BCUT2D eigenvalue weighted by atomic mass is 16.1. The van der Waals surface area contributed by atoms with Crippen LogP contribution in [-0.4, -0.2) is 36.7 Å². The summed E-state index contributed by atoms with van der Waals surface area (Å²) in [6.45, 7) is 6.38. The molecule has 0 radical (unpaired) electrons. The molecule has 2 heterocycles. The number of carbonyl (C=O) groups excluding carboxylic acids is 1. The maximum absolute atomic E-state index is 12.2. The summed E-state index contributed by atoms with van der Waals surface area (Å²) in [5.74, 6) is 0.00307. The Morgan fingerprint density at radius 2 is 2.14 bits per heavy atom. The first-order valence-corrected chi connectivity index (χ1v) is 6.73. The van der Waals surface area contributed by atoms with Crippen molar-refractivity contribution in [2.45, 2.75) is 39.3 Å². The zero-order chi connectivity index (χ0) is 15.4. The number of hydrogen-bond donors (Lipinski definition) is 2. The van der Waals surface area contributed by atoms with Crippen LogP contribution in [0.5, 0.6) is 0 Å². The van der Waals surface area contributed by atoms with Crippen LogP contribution in [0, 0.1) is 0 Å². The Hall–Kier alpha value is -2.51. The molecular weight excluding hydrogens is 270 g/mol. The molecule has 2 aromatic rings. The van der Waals surface area contributed by atoms with Gasteiger partial charge in [0.2, 0.25) is 5.95 Å². The fourth-order valence-electron chi connectivity index (χ4n) is 1.85.